The maximum atomic E-state index is 13.1. The molecule has 4 aliphatic rings. The van der Waals surface area contributed by atoms with Gasteiger partial charge in [-0.2, -0.15) is 0 Å². The van der Waals surface area contributed by atoms with Crippen LogP contribution in [0.15, 0.2) is 23.5 Å². The van der Waals surface area contributed by atoms with Gasteiger partial charge in [0.1, 0.15) is 17.2 Å². The number of esters is 1. The first-order valence-electron chi connectivity index (χ1n) is 12.4. The summed E-state index contributed by atoms with van der Waals surface area (Å²) in [5, 5.41) is 32.9. The van der Waals surface area contributed by atoms with E-state index in [0.717, 1.165) is 0 Å². The zero-order valence-corrected chi connectivity index (χ0v) is 21.4. The SMILES string of the molecule is CC(=O)O[C@@]12C[C@@H](C)[C@@]3(O)[C@@H](C=C(OCOCC[C@H](N)C(=O)O)C[C@]4(O)C(=O)C(C)=C[C@@H]34)[C@@H]1C2(C)C. The van der Waals surface area contributed by atoms with Crippen molar-refractivity contribution in [2.45, 2.75) is 76.7 Å². The summed E-state index contributed by atoms with van der Waals surface area (Å²) in [5.41, 5.74) is 1.28. The molecule has 200 valence electrons. The second kappa shape index (κ2) is 8.65. The average molecular weight is 508 g/mol. The summed E-state index contributed by atoms with van der Waals surface area (Å²) >= 11 is 0. The first-order chi connectivity index (χ1) is 16.6. The lowest BCUT2D eigenvalue weighted by Gasteiger charge is -2.50. The van der Waals surface area contributed by atoms with Gasteiger partial charge in [-0.1, -0.05) is 26.8 Å². The van der Waals surface area contributed by atoms with Gasteiger partial charge < -0.3 is 35.3 Å². The monoisotopic (exact) mass is 507 g/mol. The summed E-state index contributed by atoms with van der Waals surface area (Å²) in [7, 11) is 0. The molecule has 2 fully saturated rings. The molecule has 0 aromatic rings. The lowest BCUT2D eigenvalue weighted by molar-refractivity contribution is -0.186. The number of hydrogen-bond acceptors (Lipinski definition) is 9. The molecule has 0 bridgehead atoms. The fraction of sp³-hybridized carbons (Fsp3) is 0.731. The molecule has 0 radical (unpaired) electrons. The molecule has 10 heteroatoms. The number of ketones is 1. The van der Waals surface area contributed by atoms with Crippen molar-refractivity contribution in [1.29, 1.82) is 0 Å². The van der Waals surface area contributed by atoms with Crippen molar-refractivity contribution in [2.75, 3.05) is 13.4 Å². The van der Waals surface area contributed by atoms with Gasteiger partial charge in [-0.25, -0.2) is 0 Å². The molecule has 0 saturated heterocycles. The number of nitrogens with two attached hydrogens (primary N) is 1. The summed E-state index contributed by atoms with van der Waals surface area (Å²) in [4.78, 5) is 36.1. The molecule has 4 rings (SSSR count). The van der Waals surface area contributed by atoms with E-state index in [1.54, 1.807) is 19.1 Å². The fourth-order valence-electron chi connectivity index (χ4n) is 7.22. The Morgan fingerprint density at radius 1 is 1.25 bits per heavy atom. The number of aliphatic hydroxyl groups is 2. The third-order valence-electron chi connectivity index (χ3n) is 9.11. The molecule has 0 spiro atoms. The van der Waals surface area contributed by atoms with Crippen LogP contribution in [0.3, 0.4) is 0 Å². The number of Topliss-reactive ketones (excluding diaryl/α,β-unsaturated/α-hetero) is 1. The van der Waals surface area contributed by atoms with Crippen molar-refractivity contribution in [3.63, 3.8) is 0 Å². The minimum atomic E-state index is -1.89. The third kappa shape index (κ3) is 3.72. The van der Waals surface area contributed by atoms with Crippen LogP contribution in [-0.4, -0.2) is 69.3 Å². The van der Waals surface area contributed by atoms with Crippen molar-refractivity contribution in [2.24, 2.45) is 34.8 Å². The number of aliphatic carboxylic acids is 1. The van der Waals surface area contributed by atoms with Crippen LogP contribution in [0.25, 0.3) is 0 Å². The zero-order valence-electron chi connectivity index (χ0n) is 21.4. The van der Waals surface area contributed by atoms with Gasteiger partial charge in [0.25, 0.3) is 0 Å². The highest BCUT2D eigenvalue weighted by Crippen LogP contribution is 2.76. The number of carbonyl (C=O) groups is 3. The minimum absolute atomic E-state index is 0.0445. The van der Waals surface area contributed by atoms with Crippen molar-refractivity contribution in [3.05, 3.63) is 23.5 Å². The number of fused-ring (bicyclic) bond motifs is 5. The Bertz CT molecular complexity index is 1030. The summed E-state index contributed by atoms with van der Waals surface area (Å²) in [6.07, 6.45) is 3.77. The molecule has 0 aromatic carbocycles. The van der Waals surface area contributed by atoms with E-state index in [0.29, 0.717) is 12.0 Å². The van der Waals surface area contributed by atoms with Gasteiger partial charge in [-0.05, 0) is 37.3 Å². The van der Waals surface area contributed by atoms with Crippen molar-refractivity contribution < 1.29 is 43.9 Å². The fourth-order valence-corrected chi connectivity index (χ4v) is 7.22. The number of carbonyl (C=O) groups excluding carboxylic acids is 2. The first-order valence-corrected chi connectivity index (χ1v) is 12.4. The lowest BCUT2D eigenvalue weighted by atomic mass is 9.60. The number of rotatable bonds is 8. The van der Waals surface area contributed by atoms with E-state index < -0.39 is 63.7 Å². The van der Waals surface area contributed by atoms with Gasteiger partial charge in [0.2, 0.25) is 0 Å². The minimum Gasteiger partial charge on any atom is -0.480 e. The smallest absolute Gasteiger partial charge is 0.320 e. The molecule has 0 amide bonds. The second-order valence-corrected chi connectivity index (χ2v) is 11.5. The van der Waals surface area contributed by atoms with Gasteiger partial charge >= 0.3 is 11.9 Å². The maximum absolute atomic E-state index is 13.1. The van der Waals surface area contributed by atoms with Crippen LogP contribution in [-0.2, 0) is 28.6 Å². The van der Waals surface area contributed by atoms with Gasteiger partial charge in [0, 0.05) is 36.5 Å². The zero-order chi connectivity index (χ0) is 26.8. The van der Waals surface area contributed by atoms with Crippen LogP contribution in [0.2, 0.25) is 0 Å². The molecular formula is C26H37NO9. The van der Waals surface area contributed by atoms with E-state index in [9.17, 15) is 24.6 Å². The van der Waals surface area contributed by atoms with Crippen LogP contribution in [0.5, 0.6) is 0 Å². The molecule has 0 aliphatic heterocycles. The van der Waals surface area contributed by atoms with Gasteiger partial charge in [0.15, 0.2) is 12.6 Å². The molecule has 4 aliphatic carbocycles. The van der Waals surface area contributed by atoms with Crippen LogP contribution in [0.1, 0.15) is 53.9 Å². The van der Waals surface area contributed by atoms with E-state index in [2.05, 4.69) is 0 Å². The molecule has 0 aromatic heterocycles. The van der Waals surface area contributed by atoms with Crippen LogP contribution in [0.4, 0.5) is 0 Å². The topological polar surface area (TPSA) is 166 Å². The number of ether oxygens (including phenoxy) is 3. The van der Waals surface area contributed by atoms with Crippen LogP contribution < -0.4 is 5.73 Å². The molecule has 0 heterocycles. The Hall–Kier alpha value is -2.27. The Morgan fingerprint density at radius 3 is 2.53 bits per heavy atom. The average Bonchev–Trinajstić information content (AvgIpc) is 3.17. The normalized spacial score (nSPS) is 41.1. The predicted octanol–water partition coefficient (Wildman–Crippen LogP) is 1.29. The molecule has 36 heavy (non-hydrogen) atoms. The van der Waals surface area contributed by atoms with Crippen molar-refractivity contribution >= 4 is 17.7 Å². The second-order valence-electron chi connectivity index (χ2n) is 11.5. The molecule has 10 nitrogen and oxygen atoms in total. The highest BCUT2D eigenvalue weighted by atomic mass is 16.7. The van der Waals surface area contributed by atoms with Crippen LogP contribution >= 0.6 is 0 Å². The molecule has 8 atom stereocenters. The van der Waals surface area contributed by atoms with E-state index in [1.807, 2.05) is 20.8 Å². The van der Waals surface area contributed by atoms with E-state index in [1.165, 1.54) is 6.92 Å². The Labute approximate surface area is 210 Å². The lowest BCUT2D eigenvalue weighted by Crippen LogP contribution is -2.61. The Morgan fingerprint density at radius 2 is 1.92 bits per heavy atom. The van der Waals surface area contributed by atoms with Crippen molar-refractivity contribution in [1.82, 2.24) is 0 Å². The van der Waals surface area contributed by atoms with Crippen molar-refractivity contribution in [3.8, 4) is 0 Å². The third-order valence-corrected chi connectivity index (χ3v) is 9.11. The van der Waals surface area contributed by atoms with Crippen LogP contribution in [0, 0.1) is 29.1 Å². The molecule has 2 saturated carbocycles. The number of hydrogen-bond donors (Lipinski definition) is 4. The highest BCUT2D eigenvalue weighted by Gasteiger charge is 2.83. The van der Waals surface area contributed by atoms with E-state index in [-0.39, 0.29) is 37.9 Å². The summed E-state index contributed by atoms with van der Waals surface area (Å²) in [6, 6.07) is -1.06. The number of carboxylic acids is 1. The predicted molar refractivity (Wildman–Crippen MR) is 126 cm³/mol. The standard InChI is InChI=1S/C26H37NO9/c1-13-8-19-24(32,21(13)29)11-16(35-12-34-7-6-18(27)22(30)31)9-17-20-23(4,5)25(20,36-15(3)28)10-14(2)26(17,19)33/h8-9,14,17-20,32-33H,6-7,10-12,27H2,1-5H3,(H,30,31)/t14-,17+,18+,19-,20-,24-,25+,26-/m1/s1. The largest absolute Gasteiger partial charge is 0.480 e. The Balaban J connectivity index is 1.66. The van der Waals surface area contributed by atoms with E-state index >= 15 is 0 Å². The molecule has 0 unspecified atom stereocenters. The maximum Gasteiger partial charge on any atom is 0.320 e. The first kappa shape index (κ1) is 26.8. The summed E-state index contributed by atoms with van der Waals surface area (Å²) < 4.78 is 17.1. The number of carboxylic acid groups (broad SMARTS) is 1. The molecule has 5 N–H and O–H groups in total. The van der Waals surface area contributed by atoms with Gasteiger partial charge in [-0.3, -0.25) is 14.4 Å². The summed E-state index contributed by atoms with van der Waals surface area (Å²) in [5.74, 6) is -3.79. The summed E-state index contributed by atoms with van der Waals surface area (Å²) in [6.45, 7) is 8.66. The van der Waals surface area contributed by atoms with E-state index in [4.69, 9.17) is 25.1 Å². The van der Waals surface area contributed by atoms with Gasteiger partial charge in [0.05, 0.1) is 18.0 Å². The quantitative estimate of drug-likeness (QED) is 0.214. The highest BCUT2D eigenvalue weighted by molar-refractivity contribution is 6.04. The van der Waals surface area contributed by atoms with Gasteiger partial charge in [-0.15, -0.1) is 0 Å². The Kier molecular flexibility index (Phi) is 6.43. The molecular weight excluding hydrogens is 470 g/mol.